The van der Waals surface area contributed by atoms with Crippen LogP contribution in [0.5, 0.6) is 17.2 Å². The Balaban J connectivity index is 1.72. The van der Waals surface area contributed by atoms with Gasteiger partial charge in [-0.15, -0.1) is 0 Å². The Morgan fingerprint density at radius 3 is 2.62 bits per heavy atom. The van der Waals surface area contributed by atoms with Crippen LogP contribution in [0, 0.1) is 0 Å². The number of hydrogen-bond acceptors (Lipinski definition) is 5. The molecule has 166 valence electrons. The van der Waals surface area contributed by atoms with Gasteiger partial charge in [0, 0.05) is 20.1 Å². The van der Waals surface area contributed by atoms with Crippen LogP contribution in [0.3, 0.4) is 0 Å². The van der Waals surface area contributed by atoms with Crippen molar-refractivity contribution in [3.8, 4) is 17.2 Å². The van der Waals surface area contributed by atoms with Gasteiger partial charge in [0.2, 0.25) is 0 Å². The van der Waals surface area contributed by atoms with Crippen molar-refractivity contribution in [1.82, 2.24) is 5.43 Å². The molecule has 0 atom stereocenters. The summed E-state index contributed by atoms with van der Waals surface area (Å²) in [7, 11) is 1.48. The van der Waals surface area contributed by atoms with E-state index in [1.54, 1.807) is 36.4 Å². The molecule has 0 radical (unpaired) electrons. The number of nitrogens with zero attached hydrogens (tertiary/aromatic N) is 1. The molecule has 0 bridgehead atoms. The molecule has 3 aromatic carbocycles. The Morgan fingerprint density at radius 1 is 1.12 bits per heavy atom. The lowest BCUT2D eigenvalue weighted by Crippen LogP contribution is -2.17. The molecule has 3 aromatic rings. The smallest absolute Gasteiger partial charge is 0.275 e. The van der Waals surface area contributed by atoms with Crippen molar-refractivity contribution >= 4 is 62.9 Å². The standard InChI is InChI=1S/C22H16BrCl3N2O4/c1-31-20-7-12(10-27-28-22(30)16-8-14(23)3-5-19(16)29)6-18(26)21(20)32-11-13-2-4-15(24)9-17(13)25/h2-10,29H,11H2,1H3,(H,28,30)/b27-10+. The number of carbonyl (C=O) groups excluding carboxylic acids is 1. The zero-order chi connectivity index (χ0) is 23.3. The maximum absolute atomic E-state index is 12.2. The Labute approximate surface area is 207 Å². The Kier molecular flexibility index (Phi) is 8.26. The van der Waals surface area contributed by atoms with Gasteiger partial charge in [-0.3, -0.25) is 4.79 Å². The molecule has 0 aliphatic carbocycles. The zero-order valence-electron chi connectivity index (χ0n) is 16.5. The van der Waals surface area contributed by atoms with E-state index in [2.05, 4.69) is 26.5 Å². The number of methoxy groups -OCH3 is 1. The molecule has 32 heavy (non-hydrogen) atoms. The summed E-state index contributed by atoms with van der Waals surface area (Å²) in [6.45, 7) is 0.158. The van der Waals surface area contributed by atoms with Crippen molar-refractivity contribution in [2.45, 2.75) is 6.61 Å². The van der Waals surface area contributed by atoms with Gasteiger partial charge in [-0.1, -0.05) is 56.8 Å². The van der Waals surface area contributed by atoms with E-state index >= 15 is 0 Å². The second-order valence-electron chi connectivity index (χ2n) is 6.42. The van der Waals surface area contributed by atoms with Gasteiger partial charge in [-0.2, -0.15) is 5.10 Å². The van der Waals surface area contributed by atoms with Gasteiger partial charge in [-0.25, -0.2) is 5.43 Å². The monoisotopic (exact) mass is 556 g/mol. The van der Waals surface area contributed by atoms with Gasteiger partial charge in [-0.05, 0) is 48.0 Å². The highest BCUT2D eigenvalue weighted by Crippen LogP contribution is 2.37. The first-order valence-electron chi connectivity index (χ1n) is 9.04. The normalized spacial score (nSPS) is 10.9. The van der Waals surface area contributed by atoms with Gasteiger partial charge in [0.25, 0.3) is 5.91 Å². The van der Waals surface area contributed by atoms with Crippen LogP contribution in [0.1, 0.15) is 21.5 Å². The number of ether oxygens (including phenoxy) is 2. The molecule has 0 fully saturated rings. The number of carbonyl (C=O) groups is 1. The van der Waals surface area contributed by atoms with Crippen LogP contribution in [0.25, 0.3) is 0 Å². The van der Waals surface area contributed by atoms with E-state index in [1.165, 1.54) is 25.5 Å². The van der Waals surface area contributed by atoms with Gasteiger partial charge in [0.15, 0.2) is 11.5 Å². The highest BCUT2D eigenvalue weighted by atomic mass is 79.9. The minimum absolute atomic E-state index is 0.0803. The minimum atomic E-state index is -0.571. The number of rotatable bonds is 7. The van der Waals surface area contributed by atoms with Crippen molar-refractivity contribution < 1.29 is 19.4 Å². The molecule has 0 aliphatic heterocycles. The Bertz CT molecular complexity index is 1190. The number of amides is 1. The topological polar surface area (TPSA) is 80.2 Å². The molecular formula is C22H16BrCl3N2O4. The quantitative estimate of drug-likeness (QED) is 0.257. The van der Waals surface area contributed by atoms with Crippen LogP contribution < -0.4 is 14.9 Å². The first-order valence-corrected chi connectivity index (χ1v) is 11.0. The zero-order valence-corrected chi connectivity index (χ0v) is 20.4. The van der Waals surface area contributed by atoms with E-state index < -0.39 is 5.91 Å². The Morgan fingerprint density at radius 2 is 1.91 bits per heavy atom. The average molecular weight is 559 g/mol. The third-order valence-electron chi connectivity index (χ3n) is 4.22. The lowest BCUT2D eigenvalue weighted by atomic mass is 10.2. The van der Waals surface area contributed by atoms with E-state index in [4.69, 9.17) is 44.3 Å². The van der Waals surface area contributed by atoms with Crippen LogP contribution in [0.2, 0.25) is 15.1 Å². The number of phenolic OH excluding ortho intramolecular Hbond substituents is 1. The SMILES string of the molecule is COc1cc(/C=N/NC(=O)c2cc(Br)ccc2O)cc(Cl)c1OCc1ccc(Cl)cc1Cl. The summed E-state index contributed by atoms with van der Waals surface area (Å²) in [5.74, 6) is -0.0220. The van der Waals surface area contributed by atoms with Crippen molar-refractivity contribution in [1.29, 1.82) is 0 Å². The second kappa shape index (κ2) is 10.9. The Hall–Kier alpha value is -2.45. The molecule has 10 heteroatoms. The molecule has 0 aromatic heterocycles. The lowest BCUT2D eigenvalue weighted by molar-refractivity contribution is 0.0952. The molecule has 0 aliphatic rings. The number of hydrazone groups is 1. The van der Waals surface area contributed by atoms with Gasteiger partial charge in [0.1, 0.15) is 12.4 Å². The summed E-state index contributed by atoms with van der Waals surface area (Å²) in [5.41, 5.74) is 3.73. The summed E-state index contributed by atoms with van der Waals surface area (Å²) in [5, 5.41) is 15.0. The summed E-state index contributed by atoms with van der Waals surface area (Å²) in [6.07, 6.45) is 1.39. The molecule has 0 heterocycles. The van der Waals surface area contributed by atoms with Gasteiger partial charge in [0.05, 0.1) is 23.9 Å². The van der Waals surface area contributed by atoms with E-state index in [-0.39, 0.29) is 22.9 Å². The molecule has 3 rings (SSSR count). The van der Waals surface area contributed by atoms with Crippen LogP contribution in [0.4, 0.5) is 0 Å². The molecule has 0 spiro atoms. The first kappa shape index (κ1) is 24.2. The molecule has 1 amide bonds. The van der Waals surface area contributed by atoms with Crippen molar-refractivity contribution in [2.75, 3.05) is 7.11 Å². The number of halogens is 4. The van der Waals surface area contributed by atoms with Crippen molar-refractivity contribution in [3.63, 3.8) is 0 Å². The van der Waals surface area contributed by atoms with Gasteiger partial charge >= 0.3 is 0 Å². The molecule has 6 nitrogen and oxygen atoms in total. The van der Waals surface area contributed by atoms with Crippen molar-refractivity contribution in [3.05, 3.63) is 84.8 Å². The van der Waals surface area contributed by atoms with E-state index in [1.807, 2.05) is 0 Å². The summed E-state index contributed by atoms with van der Waals surface area (Å²) >= 11 is 21.7. The van der Waals surface area contributed by atoms with Crippen LogP contribution in [-0.2, 0) is 6.61 Å². The largest absolute Gasteiger partial charge is 0.507 e. The van der Waals surface area contributed by atoms with E-state index in [0.717, 1.165) is 5.56 Å². The molecule has 2 N–H and O–H groups in total. The minimum Gasteiger partial charge on any atom is -0.507 e. The van der Waals surface area contributed by atoms with Crippen LogP contribution in [0.15, 0.2) is 58.1 Å². The molecule has 0 unspecified atom stereocenters. The number of aromatic hydroxyl groups is 1. The number of hydrogen-bond donors (Lipinski definition) is 2. The second-order valence-corrected chi connectivity index (χ2v) is 8.59. The fourth-order valence-electron chi connectivity index (χ4n) is 2.66. The maximum Gasteiger partial charge on any atom is 0.275 e. The molecular weight excluding hydrogens is 543 g/mol. The predicted molar refractivity (Wildman–Crippen MR) is 130 cm³/mol. The summed E-state index contributed by atoms with van der Waals surface area (Å²) in [6, 6.07) is 12.9. The van der Waals surface area contributed by atoms with Crippen molar-refractivity contribution in [2.24, 2.45) is 5.10 Å². The fraction of sp³-hybridized carbons (Fsp3) is 0.0909. The average Bonchev–Trinajstić information content (AvgIpc) is 2.75. The highest BCUT2D eigenvalue weighted by molar-refractivity contribution is 9.10. The number of benzene rings is 3. The number of phenols is 1. The maximum atomic E-state index is 12.2. The van der Waals surface area contributed by atoms with E-state index in [9.17, 15) is 9.90 Å². The highest BCUT2D eigenvalue weighted by Gasteiger charge is 2.14. The van der Waals surface area contributed by atoms with Gasteiger partial charge < -0.3 is 14.6 Å². The fourth-order valence-corrected chi connectivity index (χ4v) is 3.76. The van der Waals surface area contributed by atoms with Crippen LogP contribution >= 0.6 is 50.7 Å². The predicted octanol–water partition coefficient (Wildman–Crippen LogP) is 6.47. The lowest BCUT2D eigenvalue weighted by Gasteiger charge is -2.14. The third-order valence-corrected chi connectivity index (χ3v) is 5.58. The number of nitrogens with one attached hydrogen (secondary N) is 1. The first-order chi connectivity index (χ1) is 15.3. The van der Waals surface area contributed by atoms with Crippen LogP contribution in [-0.4, -0.2) is 24.3 Å². The summed E-state index contributed by atoms with van der Waals surface area (Å²) < 4.78 is 11.8. The van der Waals surface area contributed by atoms with E-state index in [0.29, 0.717) is 31.6 Å². The third kappa shape index (κ3) is 6.07. The molecule has 0 saturated carbocycles. The summed E-state index contributed by atoms with van der Waals surface area (Å²) in [4.78, 5) is 12.2. The molecule has 0 saturated heterocycles.